The first kappa shape index (κ1) is 13.3. The summed E-state index contributed by atoms with van der Waals surface area (Å²) >= 11 is 0. The Kier molecular flexibility index (Phi) is 2.76. The highest BCUT2D eigenvalue weighted by Gasteiger charge is 2.43. The molecule has 3 aromatic rings. The molecule has 4 rings (SSSR count). The summed E-state index contributed by atoms with van der Waals surface area (Å²) in [5.41, 5.74) is 3.82. The largest absolute Gasteiger partial charge is 0.436 e. The highest BCUT2D eigenvalue weighted by Crippen LogP contribution is 2.46. The molecule has 0 saturated carbocycles. The average Bonchev–Trinajstić information content (AvgIpc) is 2.97. The number of furan rings is 1. The van der Waals surface area contributed by atoms with Crippen LogP contribution in [-0.2, 0) is 0 Å². The minimum absolute atomic E-state index is 0.0622. The smallest absolute Gasteiger partial charge is 0.227 e. The van der Waals surface area contributed by atoms with E-state index in [9.17, 15) is 0 Å². The van der Waals surface area contributed by atoms with Gasteiger partial charge in [-0.1, -0.05) is 19.1 Å². The fraction of sp³-hybridized carbons (Fsp3) is 0.476. The van der Waals surface area contributed by atoms with Crippen LogP contribution in [0.25, 0.3) is 22.1 Å². The van der Waals surface area contributed by atoms with Crippen LogP contribution in [0.5, 0.6) is 0 Å². The zero-order chi connectivity index (χ0) is 19.0. The Morgan fingerprint density at radius 1 is 1.17 bits per heavy atom. The van der Waals surface area contributed by atoms with Crippen LogP contribution >= 0.6 is 0 Å². The van der Waals surface area contributed by atoms with Crippen molar-refractivity contribution in [2.75, 3.05) is 4.90 Å². The number of benzene rings is 1. The van der Waals surface area contributed by atoms with E-state index in [0.29, 0.717) is 5.71 Å². The van der Waals surface area contributed by atoms with E-state index in [1.54, 1.807) is 0 Å². The van der Waals surface area contributed by atoms with E-state index in [1.165, 1.54) is 0 Å². The maximum absolute atomic E-state index is 8.70. The van der Waals surface area contributed by atoms with E-state index < -0.39 is 11.9 Å². The van der Waals surface area contributed by atoms with Gasteiger partial charge in [-0.15, -0.1) is 0 Å². The van der Waals surface area contributed by atoms with Gasteiger partial charge in [0.1, 0.15) is 0 Å². The van der Waals surface area contributed by atoms with Gasteiger partial charge in [-0.2, -0.15) is 0 Å². The van der Waals surface area contributed by atoms with Crippen LogP contribution in [0.3, 0.4) is 0 Å². The molecule has 1 saturated heterocycles. The number of pyridine rings is 1. The summed E-state index contributed by atoms with van der Waals surface area (Å²) in [6.07, 6.45) is -1.30. The van der Waals surface area contributed by atoms with Gasteiger partial charge in [-0.05, 0) is 64.6 Å². The molecule has 24 heavy (non-hydrogen) atoms. The van der Waals surface area contributed by atoms with E-state index in [-0.39, 0.29) is 12.0 Å². The second-order valence-electron chi connectivity index (χ2n) is 7.62. The minimum atomic E-state index is -1.30. The molecule has 3 nitrogen and oxygen atoms in total. The molecule has 1 fully saturated rings. The van der Waals surface area contributed by atoms with Gasteiger partial charge in [0.15, 0.2) is 5.58 Å². The number of anilines is 1. The van der Waals surface area contributed by atoms with Gasteiger partial charge in [-0.3, -0.25) is 0 Å². The van der Waals surface area contributed by atoms with Gasteiger partial charge in [0, 0.05) is 30.8 Å². The third kappa shape index (κ3) is 2.07. The molecule has 2 unspecified atom stereocenters. The minimum Gasteiger partial charge on any atom is -0.436 e. The Morgan fingerprint density at radius 3 is 2.54 bits per heavy atom. The molecule has 2 atom stereocenters. The van der Waals surface area contributed by atoms with Crippen molar-refractivity contribution in [1.29, 1.82) is 0 Å². The Hall–Kier alpha value is -2.03. The van der Waals surface area contributed by atoms with E-state index in [0.717, 1.165) is 33.3 Å². The number of hydrogen-bond donors (Lipinski definition) is 0. The molecule has 2 aromatic heterocycles. The number of fused-ring (bicyclic) bond motifs is 3. The second-order valence-corrected chi connectivity index (χ2v) is 7.62. The standard InChI is InChI=1S/C21H26N2O/c1-12-7-9-16-17-10-8-14(3)22-20(17)24-19(16)18(12)23-15(4)13(2)11-21(23,5)6/h7-10,13,15H,11H2,1-6H3/i11D2. The van der Waals surface area contributed by atoms with Gasteiger partial charge in [-0.25, -0.2) is 4.98 Å². The summed E-state index contributed by atoms with van der Waals surface area (Å²) in [6.45, 7) is 12.1. The highest BCUT2D eigenvalue weighted by molar-refractivity contribution is 6.08. The highest BCUT2D eigenvalue weighted by atomic mass is 16.3. The van der Waals surface area contributed by atoms with Crippen molar-refractivity contribution in [1.82, 2.24) is 4.98 Å². The van der Waals surface area contributed by atoms with E-state index in [2.05, 4.69) is 41.9 Å². The predicted molar refractivity (Wildman–Crippen MR) is 101 cm³/mol. The van der Waals surface area contributed by atoms with Crippen LogP contribution in [0.2, 0.25) is 0 Å². The fourth-order valence-corrected chi connectivity index (χ4v) is 4.16. The molecular formula is C21H26N2O. The molecule has 126 valence electrons. The Bertz CT molecular complexity index is 1020. The molecule has 1 aromatic carbocycles. The number of aryl methyl sites for hydroxylation is 2. The van der Waals surface area contributed by atoms with Crippen molar-refractivity contribution in [3.63, 3.8) is 0 Å². The number of aromatic nitrogens is 1. The zero-order valence-electron chi connectivity index (χ0n) is 17.3. The van der Waals surface area contributed by atoms with Crippen LogP contribution in [0.1, 0.15) is 48.1 Å². The van der Waals surface area contributed by atoms with Crippen LogP contribution in [0.15, 0.2) is 28.7 Å². The lowest BCUT2D eigenvalue weighted by molar-refractivity contribution is 0.486. The van der Waals surface area contributed by atoms with Crippen LogP contribution in [-0.4, -0.2) is 16.6 Å². The fourth-order valence-electron chi connectivity index (χ4n) is 4.16. The lowest BCUT2D eigenvalue weighted by Gasteiger charge is -2.38. The first-order valence-corrected chi connectivity index (χ1v) is 8.66. The first-order valence-electron chi connectivity index (χ1n) is 9.66. The molecule has 3 heterocycles. The molecule has 0 bridgehead atoms. The molecular weight excluding hydrogens is 296 g/mol. The molecule has 1 aliphatic rings. The molecule has 0 radical (unpaired) electrons. The van der Waals surface area contributed by atoms with Gasteiger partial charge < -0.3 is 9.32 Å². The maximum Gasteiger partial charge on any atom is 0.227 e. The average molecular weight is 324 g/mol. The first-order chi connectivity index (χ1) is 12.1. The Morgan fingerprint density at radius 2 is 1.88 bits per heavy atom. The molecule has 0 N–H and O–H groups in total. The molecule has 0 amide bonds. The van der Waals surface area contributed by atoms with Crippen molar-refractivity contribution in [2.24, 2.45) is 5.92 Å². The van der Waals surface area contributed by atoms with Crippen LogP contribution < -0.4 is 4.90 Å². The normalized spacial score (nSPS) is 26.8. The maximum atomic E-state index is 8.70. The van der Waals surface area contributed by atoms with Crippen molar-refractivity contribution < 1.29 is 7.16 Å². The Balaban J connectivity index is 2.05. The summed E-state index contributed by atoms with van der Waals surface area (Å²) < 4.78 is 23.6. The van der Waals surface area contributed by atoms with Gasteiger partial charge in [0.2, 0.25) is 5.71 Å². The lowest BCUT2D eigenvalue weighted by Crippen LogP contribution is -2.42. The van der Waals surface area contributed by atoms with E-state index in [1.807, 2.05) is 33.8 Å². The molecule has 0 spiro atoms. The molecule has 3 heteroatoms. The van der Waals surface area contributed by atoms with Crippen LogP contribution in [0.4, 0.5) is 5.69 Å². The number of rotatable bonds is 1. The van der Waals surface area contributed by atoms with E-state index >= 15 is 0 Å². The van der Waals surface area contributed by atoms with Crippen molar-refractivity contribution in [3.8, 4) is 0 Å². The lowest BCUT2D eigenvalue weighted by atomic mass is 9.96. The third-order valence-corrected chi connectivity index (χ3v) is 5.38. The van der Waals surface area contributed by atoms with E-state index in [4.69, 9.17) is 7.16 Å². The predicted octanol–water partition coefficient (Wildman–Crippen LogP) is 5.61. The molecule has 1 aliphatic heterocycles. The summed E-state index contributed by atoms with van der Waals surface area (Å²) in [7, 11) is 0. The SMILES string of the molecule is [2H]C1([2H])C(C)C(C)N(c2c(C)ccc3c2oc2nc(C)ccc23)C1(C)C. The van der Waals surface area contributed by atoms with Crippen molar-refractivity contribution in [3.05, 3.63) is 35.5 Å². The topological polar surface area (TPSA) is 29.3 Å². The van der Waals surface area contributed by atoms with Crippen LogP contribution in [0, 0.1) is 19.8 Å². The number of nitrogens with zero attached hydrogens (tertiary/aromatic N) is 2. The van der Waals surface area contributed by atoms with Crippen molar-refractivity contribution in [2.45, 2.75) is 59.5 Å². The van der Waals surface area contributed by atoms with Crippen molar-refractivity contribution >= 4 is 27.8 Å². The van der Waals surface area contributed by atoms with Gasteiger partial charge in [0.05, 0.1) is 5.69 Å². The summed E-state index contributed by atoms with van der Waals surface area (Å²) in [6, 6.07) is 8.31. The summed E-state index contributed by atoms with van der Waals surface area (Å²) in [5.74, 6) is -0.0862. The summed E-state index contributed by atoms with van der Waals surface area (Å²) in [5, 5.41) is 2.05. The Labute approximate surface area is 146 Å². The quantitative estimate of drug-likeness (QED) is 0.582. The monoisotopic (exact) mass is 324 g/mol. The second kappa shape index (κ2) is 4.98. The van der Waals surface area contributed by atoms with Gasteiger partial charge >= 0.3 is 0 Å². The molecule has 0 aliphatic carbocycles. The zero-order valence-corrected chi connectivity index (χ0v) is 15.3. The van der Waals surface area contributed by atoms with Gasteiger partial charge in [0.25, 0.3) is 0 Å². The number of hydrogen-bond acceptors (Lipinski definition) is 3. The third-order valence-electron chi connectivity index (χ3n) is 5.38. The summed E-state index contributed by atoms with van der Waals surface area (Å²) in [4.78, 5) is 6.78.